The molecule has 1 atom stereocenters. The van der Waals surface area contributed by atoms with Gasteiger partial charge in [-0.1, -0.05) is 0 Å². The van der Waals surface area contributed by atoms with Gasteiger partial charge in [0.15, 0.2) is 0 Å². The van der Waals surface area contributed by atoms with Crippen LogP contribution in [-0.2, 0) is 4.79 Å². The van der Waals surface area contributed by atoms with Gasteiger partial charge >= 0.3 is 0 Å². The van der Waals surface area contributed by atoms with Gasteiger partial charge in [0.2, 0.25) is 0 Å². The predicted octanol–water partition coefficient (Wildman–Crippen LogP) is 1.61. The first-order valence-electron chi connectivity index (χ1n) is 4.82. The average Bonchev–Trinajstić information content (AvgIpc) is 2.33. The zero-order valence-electron chi connectivity index (χ0n) is 7.51. The number of hydrogen-bond donors (Lipinski definition) is 0. The van der Waals surface area contributed by atoms with Crippen LogP contribution in [0.15, 0.2) is 0 Å². The highest BCUT2D eigenvalue weighted by atomic mass is 16.1. The Hall–Kier alpha value is -0.370. The molecule has 12 heavy (non-hydrogen) atoms. The first-order valence-corrected chi connectivity index (χ1v) is 4.82. The van der Waals surface area contributed by atoms with Gasteiger partial charge in [0.05, 0.1) is 0 Å². The summed E-state index contributed by atoms with van der Waals surface area (Å²) in [5.41, 5.74) is 0.0278. The first kappa shape index (κ1) is 8.24. The molecule has 0 radical (unpaired) electrons. The molecular formula is C10H16NO-. The normalized spacial score (nSPS) is 37.9. The average molecular weight is 166 g/mol. The second-order valence-corrected chi connectivity index (χ2v) is 4.21. The number of ketones is 1. The standard InChI is InChI=1S/C10H16NO/c1-11-7-3-6-10(8-11)5-2-4-9(10)12/h1-8H2/q-1. The second-order valence-electron chi connectivity index (χ2n) is 4.21. The van der Waals surface area contributed by atoms with Gasteiger partial charge in [0, 0.05) is 11.8 Å². The van der Waals surface area contributed by atoms with E-state index in [0.717, 1.165) is 45.2 Å². The van der Waals surface area contributed by atoms with Crippen molar-refractivity contribution in [2.24, 2.45) is 5.41 Å². The maximum atomic E-state index is 11.6. The summed E-state index contributed by atoms with van der Waals surface area (Å²) in [6.07, 6.45) is 5.28. The molecule has 1 spiro atoms. The molecule has 1 aliphatic carbocycles. The maximum Gasteiger partial charge on any atom is 0.140 e. The number of piperidine rings is 1. The molecule has 0 bridgehead atoms. The zero-order valence-corrected chi connectivity index (χ0v) is 7.51. The van der Waals surface area contributed by atoms with Gasteiger partial charge in [-0.15, -0.1) is 0 Å². The van der Waals surface area contributed by atoms with Gasteiger partial charge in [-0.05, 0) is 38.8 Å². The van der Waals surface area contributed by atoms with Crippen LogP contribution in [-0.4, -0.2) is 23.8 Å². The van der Waals surface area contributed by atoms with Crippen molar-refractivity contribution in [1.29, 1.82) is 0 Å². The Morgan fingerprint density at radius 1 is 1.33 bits per heavy atom. The fourth-order valence-corrected chi connectivity index (χ4v) is 2.65. The highest BCUT2D eigenvalue weighted by Gasteiger charge is 2.42. The van der Waals surface area contributed by atoms with E-state index in [-0.39, 0.29) is 5.41 Å². The Morgan fingerprint density at radius 2 is 2.08 bits per heavy atom. The summed E-state index contributed by atoms with van der Waals surface area (Å²) in [7, 11) is 3.93. The molecule has 2 rings (SSSR count). The minimum Gasteiger partial charge on any atom is -0.458 e. The van der Waals surface area contributed by atoms with Crippen LogP contribution >= 0.6 is 0 Å². The fraction of sp³-hybridized carbons (Fsp3) is 0.800. The number of rotatable bonds is 0. The van der Waals surface area contributed by atoms with E-state index < -0.39 is 0 Å². The number of hydrogen-bond acceptors (Lipinski definition) is 2. The summed E-state index contributed by atoms with van der Waals surface area (Å²) in [5.74, 6) is 0.496. The molecule has 1 saturated heterocycles. The lowest BCUT2D eigenvalue weighted by Crippen LogP contribution is -2.42. The molecule has 0 N–H and O–H groups in total. The Labute approximate surface area is 73.9 Å². The summed E-state index contributed by atoms with van der Waals surface area (Å²) in [5, 5.41) is 0. The van der Waals surface area contributed by atoms with Crippen LogP contribution in [0.4, 0.5) is 0 Å². The molecule has 2 nitrogen and oxygen atoms in total. The minimum atomic E-state index is 0.0278. The largest absolute Gasteiger partial charge is 0.458 e. The summed E-state index contributed by atoms with van der Waals surface area (Å²) in [6, 6.07) is 0. The summed E-state index contributed by atoms with van der Waals surface area (Å²) < 4.78 is 0. The van der Waals surface area contributed by atoms with Gasteiger partial charge in [0.1, 0.15) is 5.78 Å². The van der Waals surface area contributed by atoms with E-state index in [4.69, 9.17) is 0 Å². The van der Waals surface area contributed by atoms with Crippen molar-refractivity contribution < 1.29 is 4.79 Å². The molecule has 1 saturated carbocycles. The van der Waals surface area contributed by atoms with Gasteiger partial charge in [0.25, 0.3) is 0 Å². The molecule has 1 aliphatic heterocycles. The summed E-state index contributed by atoms with van der Waals surface area (Å²) in [4.78, 5) is 13.7. The third-order valence-corrected chi connectivity index (χ3v) is 3.31. The minimum absolute atomic E-state index is 0.0278. The summed E-state index contributed by atoms with van der Waals surface area (Å²) >= 11 is 0. The molecule has 1 unspecified atom stereocenters. The van der Waals surface area contributed by atoms with Crippen LogP contribution in [0, 0.1) is 12.5 Å². The van der Waals surface area contributed by atoms with Crippen LogP contribution in [0.5, 0.6) is 0 Å². The maximum absolute atomic E-state index is 11.6. The molecule has 2 heteroatoms. The van der Waals surface area contributed by atoms with Crippen LogP contribution < -0.4 is 0 Å². The lowest BCUT2D eigenvalue weighted by atomic mass is 9.78. The number of likely N-dealkylation sites (tertiary alicyclic amines) is 1. The van der Waals surface area contributed by atoms with E-state index in [1.54, 1.807) is 0 Å². The van der Waals surface area contributed by atoms with E-state index in [1.165, 1.54) is 0 Å². The SMILES string of the molecule is [CH2-]N1CCCC2(CCCC2=O)C1. The van der Waals surface area contributed by atoms with E-state index in [1.807, 2.05) is 0 Å². The third kappa shape index (κ3) is 1.18. The van der Waals surface area contributed by atoms with Gasteiger partial charge in [-0.3, -0.25) is 11.8 Å². The topological polar surface area (TPSA) is 20.3 Å². The smallest absolute Gasteiger partial charge is 0.140 e. The zero-order chi connectivity index (χ0) is 8.60. The lowest BCUT2D eigenvalue weighted by Gasteiger charge is -2.41. The number of carbonyl (C=O) groups is 1. The van der Waals surface area contributed by atoms with Crippen LogP contribution in [0.3, 0.4) is 0 Å². The van der Waals surface area contributed by atoms with Crippen LogP contribution in [0.25, 0.3) is 0 Å². The van der Waals surface area contributed by atoms with Crippen molar-refractivity contribution in [2.45, 2.75) is 32.1 Å². The van der Waals surface area contributed by atoms with Crippen molar-refractivity contribution >= 4 is 5.78 Å². The molecule has 68 valence electrons. The van der Waals surface area contributed by atoms with E-state index in [2.05, 4.69) is 11.9 Å². The highest BCUT2D eigenvalue weighted by molar-refractivity contribution is 5.87. The van der Waals surface area contributed by atoms with Crippen LogP contribution in [0.2, 0.25) is 0 Å². The van der Waals surface area contributed by atoms with Gasteiger partial charge < -0.3 is 4.90 Å². The summed E-state index contributed by atoms with van der Waals surface area (Å²) in [6.45, 7) is 1.97. The lowest BCUT2D eigenvalue weighted by molar-refractivity contribution is -0.128. The predicted molar refractivity (Wildman–Crippen MR) is 47.5 cm³/mol. The number of Topliss-reactive ketones (excluding diaryl/α,β-unsaturated/α-hetero) is 1. The second kappa shape index (κ2) is 2.84. The Bertz CT molecular complexity index is 202. The molecule has 0 aromatic heterocycles. The molecule has 0 amide bonds. The highest BCUT2D eigenvalue weighted by Crippen LogP contribution is 2.41. The molecule has 0 aromatic carbocycles. The third-order valence-electron chi connectivity index (χ3n) is 3.31. The van der Waals surface area contributed by atoms with Crippen molar-refractivity contribution in [2.75, 3.05) is 13.1 Å². The van der Waals surface area contributed by atoms with Gasteiger partial charge in [-0.25, -0.2) is 0 Å². The first-order chi connectivity index (χ1) is 5.73. The molecule has 1 heterocycles. The molecule has 2 fully saturated rings. The monoisotopic (exact) mass is 166 g/mol. The van der Waals surface area contributed by atoms with Crippen molar-refractivity contribution in [1.82, 2.24) is 4.90 Å². The van der Waals surface area contributed by atoms with Gasteiger partial charge in [-0.2, -0.15) is 0 Å². The number of nitrogens with zero attached hydrogens (tertiary/aromatic N) is 1. The van der Waals surface area contributed by atoms with Crippen LogP contribution in [0.1, 0.15) is 32.1 Å². The molecule has 2 aliphatic rings. The van der Waals surface area contributed by atoms with Crippen molar-refractivity contribution in [3.8, 4) is 0 Å². The Kier molecular flexibility index (Phi) is 1.95. The van der Waals surface area contributed by atoms with E-state index >= 15 is 0 Å². The van der Waals surface area contributed by atoms with E-state index in [9.17, 15) is 4.79 Å². The Balaban J connectivity index is 2.13. The molecular weight excluding hydrogens is 150 g/mol. The van der Waals surface area contributed by atoms with Crippen molar-refractivity contribution in [3.63, 3.8) is 0 Å². The van der Waals surface area contributed by atoms with Crippen molar-refractivity contribution in [3.05, 3.63) is 7.05 Å². The van der Waals surface area contributed by atoms with E-state index in [0.29, 0.717) is 5.78 Å². The molecule has 0 aromatic rings. The Morgan fingerprint density at radius 3 is 2.67 bits per heavy atom. The number of carbonyl (C=O) groups excluding carboxylic acids is 1. The quantitative estimate of drug-likeness (QED) is 0.510. The fourth-order valence-electron chi connectivity index (χ4n) is 2.65.